The van der Waals surface area contributed by atoms with Crippen LogP contribution in [0.4, 0.5) is 5.69 Å². The van der Waals surface area contributed by atoms with E-state index >= 15 is 0 Å². The summed E-state index contributed by atoms with van der Waals surface area (Å²) in [7, 11) is 0. The summed E-state index contributed by atoms with van der Waals surface area (Å²) in [5, 5.41) is 8.36. The summed E-state index contributed by atoms with van der Waals surface area (Å²) in [5.74, 6) is 0. The van der Waals surface area contributed by atoms with E-state index < -0.39 is 0 Å². The molecule has 1 aromatic carbocycles. The molecule has 1 N–H and O–H groups in total. The monoisotopic (exact) mass is 327 g/mol. The van der Waals surface area contributed by atoms with Gasteiger partial charge in [0.2, 0.25) is 0 Å². The summed E-state index contributed by atoms with van der Waals surface area (Å²) in [5.41, 5.74) is 2.19. The number of benzene rings is 1. The maximum absolute atomic E-state index is 5.95. The Bertz CT molecular complexity index is 537. The van der Waals surface area contributed by atoms with Crippen molar-refractivity contribution in [2.45, 2.75) is 26.4 Å². The number of hydrogen-bond donors (Lipinski definition) is 1. The lowest BCUT2D eigenvalue weighted by molar-refractivity contribution is 0.532. The predicted octanol–water partition coefficient (Wildman–Crippen LogP) is 4.49. The Labute approximate surface area is 120 Å². The number of nitrogens with one attached hydrogen (secondary N) is 1. The SMILES string of the molecule is CC(C)n1cc(CNc2ccc(Cl)c(Br)c2)cn1. The lowest BCUT2D eigenvalue weighted by Gasteiger charge is -2.06. The summed E-state index contributed by atoms with van der Waals surface area (Å²) in [6.07, 6.45) is 3.95. The first-order valence-corrected chi connectivity index (χ1v) is 6.95. The van der Waals surface area contributed by atoms with E-state index in [4.69, 9.17) is 11.6 Å². The molecule has 0 amide bonds. The molecule has 5 heteroatoms. The molecule has 96 valence electrons. The van der Waals surface area contributed by atoms with E-state index in [0.717, 1.165) is 22.3 Å². The van der Waals surface area contributed by atoms with Crippen molar-refractivity contribution in [1.82, 2.24) is 9.78 Å². The predicted molar refractivity (Wildman–Crippen MR) is 79.1 cm³/mol. The van der Waals surface area contributed by atoms with Crippen LogP contribution in [0.2, 0.25) is 5.02 Å². The summed E-state index contributed by atoms with van der Waals surface area (Å²) in [4.78, 5) is 0. The quantitative estimate of drug-likeness (QED) is 0.896. The molecule has 0 aliphatic rings. The van der Waals surface area contributed by atoms with Gasteiger partial charge in [0.15, 0.2) is 0 Å². The third-order valence-electron chi connectivity index (χ3n) is 2.60. The molecule has 0 aliphatic carbocycles. The van der Waals surface area contributed by atoms with Crippen LogP contribution in [-0.2, 0) is 6.54 Å². The highest BCUT2D eigenvalue weighted by Crippen LogP contribution is 2.25. The van der Waals surface area contributed by atoms with Crippen molar-refractivity contribution in [2.24, 2.45) is 0 Å². The molecule has 1 aromatic heterocycles. The normalized spacial score (nSPS) is 10.9. The molecular formula is C13H15BrClN3. The van der Waals surface area contributed by atoms with Crippen LogP contribution in [0.5, 0.6) is 0 Å². The van der Waals surface area contributed by atoms with Gasteiger partial charge in [-0.2, -0.15) is 5.10 Å². The third kappa shape index (κ3) is 3.27. The molecule has 0 bridgehead atoms. The van der Waals surface area contributed by atoms with Gasteiger partial charge in [0, 0.05) is 34.5 Å². The summed E-state index contributed by atoms with van der Waals surface area (Å²) in [6, 6.07) is 6.18. The molecule has 0 aliphatic heterocycles. The van der Waals surface area contributed by atoms with Gasteiger partial charge in [0.1, 0.15) is 0 Å². The van der Waals surface area contributed by atoms with Gasteiger partial charge >= 0.3 is 0 Å². The molecule has 0 atom stereocenters. The van der Waals surface area contributed by atoms with Crippen LogP contribution in [-0.4, -0.2) is 9.78 Å². The molecule has 0 unspecified atom stereocenters. The van der Waals surface area contributed by atoms with E-state index in [1.54, 1.807) is 0 Å². The van der Waals surface area contributed by atoms with Crippen molar-refractivity contribution in [3.05, 3.63) is 45.7 Å². The van der Waals surface area contributed by atoms with Crippen LogP contribution in [0, 0.1) is 0 Å². The van der Waals surface area contributed by atoms with Crippen molar-refractivity contribution >= 4 is 33.2 Å². The van der Waals surface area contributed by atoms with E-state index in [-0.39, 0.29) is 0 Å². The van der Waals surface area contributed by atoms with Crippen LogP contribution in [0.25, 0.3) is 0 Å². The zero-order valence-corrected chi connectivity index (χ0v) is 12.7. The zero-order chi connectivity index (χ0) is 13.1. The number of rotatable bonds is 4. The van der Waals surface area contributed by atoms with Crippen LogP contribution < -0.4 is 5.32 Å². The van der Waals surface area contributed by atoms with Gasteiger partial charge in [-0.05, 0) is 48.0 Å². The minimum Gasteiger partial charge on any atom is -0.381 e. The second-order valence-electron chi connectivity index (χ2n) is 4.40. The minimum atomic E-state index is 0.392. The number of anilines is 1. The molecule has 0 fully saturated rings. The molecule has 2 aromatic rings. The van der Waals surface area contributed by atoms with Crippen molar-refractivity contribution in [3.63, 3.8) is 0 Å². The van der Waals surface area contributed by atoms with E-state index in [2.05, 4.69) is 46.4 Å². The fourth-order valence-electron chi connectivity index (χ4n) is 1.56. The highest BCUT2D eigenvalue weighted by molar-refractivity contribution is 9.10. The average molecular weight is 329 g/mol. The fraction of sp³-hybridized carbons (Fsp3) is 0.308. The van der Waals surface area contributed by atoms with Gasteiger partial charge in [0.05, 0.1) is 11.2 Å². The van der Waals surface area contributed by atoms with Crippen LogP contribution in [0.1, 0.15) is 25.5 Å². The Hall–Kier alpha value is -1.00. The van der Waals surface area contributed by atoms with Crippen LogP contribution in [0.3, 0.4) is 0 Å². The lowest BCUT2D eigenvalue weighted by atomic mass is 10.3. The molecule has 2 rings (SSSR count). The second kappa shape index (κ2) is 5.76. The van der Waals surface area contributed by atoms with Gasteiger partial charge in [-0.1, -0.05) is 11.6 Å². The van der Waals surface area contributed by atoms with Gasteiger partial charge in [0.25, 0.3) is 0 Å². The van der Waals surface area contributed by atoms with Crippen molar-refractivity contribution in [2.75, 3.05) is 5.32 Å². The number of halogens is 2. The van der Waals surface area contributed by atoms with Crippen molar-refractivity contribution in [1.29, 1.82) is 0 Å². The summed E-state index contributed by atoms with van der Waals surface area (Å²) in [6.45, 7) is 4.97. The average Bonchev–Trinajstić information content (AvgIpc) is 2.79. The lowest BCUT2D eigenvalue weighted by Crippen LogP contribution is -2.01. The first-order valence-electron chi connectivity index (χ1n) is 5.78. The van der Waals surface area contributed by atoms with Crippen molar-refractivity contribution in [3.8, 4) is 0 Å². The van der Waals surface area contributed by atoms with Gasteiger partial charge in [-0.3, -0.25) is 4.68 Å². The topological polar surface area (TPSA) is 29.9 Å². The van der Waals surface area contributed by atoms with E-state index in [0.29, 0.717) is 11.1 Å². The fourth-order valence-corrected chi connectivity index (χ4v) is 2.06. The first-order chi connectivity index (χ1) is 8.56. The number of nitrogens with zero attached hydrogens (tertiary/aromatic N) is 2. The molecule has 1 heterocycles. The van der Waals surface area contributed by atoms with Crippen molar-refractivity contribution < 1.29 is 0 Å². The molecule has 3 nitrogen and oxygen atoms in total. The molecule has 0 spiro atoms. The second-order valence-corrected chi connectivity index (χ2v) is 5.67. The standard InChI is InChI=1S/C13H15BrClN3/c1-9(2)18-8-10(7-17-18)6-16-11-3-4-13(15)12(14)5-11/h3-5,7-9,16H,6H2,1-2H3. The van der Waals surface area contributed by atoms with Gasteiger partial charge in [-0.15, -0.1) is 0 Å². The smallest absolute Gasteiger partial charge is 0.0549 e. The van der Waals surface area contributed by atoms with Gasteiger partial charge < -0.3 is 5.32 Å². The Balaban J connectivity index is 2.00. The Kier molecular flexibility index (Phi) is 4.30. The van der Waals surface area contributed by atoms with E-state index in [9.17, 15) is 0 Å². The molecule has 0 saturated carbocycles. The summed E-state index contributed by atoms with van der Waals surface area (Å²) >= 11 is 9.36. The third-order valence-corrected chi connectivity index (χ3v) is 3.81. The minimum absolute atomic E-state index is 0.392. The van der Waals surface area contributed by atoms with Crippen LogP contribution in [0.15, 0.2) is 35.1 Å². The maximum atomic E-state index is 5.95. The van der Waals surface area contributed by atoms with Crippen LogP contribution >= 0.6 is 27.5 Å². The van der Waals surface area contributed by atoms with E-state index in [1.165, 1.54) is 0 Å². The highest BCUT2D eigenvalue weighted by Gasteiger charge is 2.02. The Morgan fingerprint density at radius 3 is 2.83 bits per heavy atom. The van der Waals surface area contributed by atoms with Gasteiger partial charge in [-0.25, -0.2) is 0 Å². The molecular weight excluding hydrogens is 314 g/mol. The largest absolute Gasteiger partial charge is 0.381 e. The first kappa shape index (κ1) is 13.4. The molecule has 0 radical (unpaired) electrons. The Morgan fingerprint density at radius 1 is 1.44 bits per heavy atom. The molecule has 18 heavy (non-hydrogen) atoms. The number of hydrogen-bond acceptors (Lipinski definition) is 2. The zero-order valence-electron chi connectivity index (χ0n) is 10.3. The Morgan fingerprint density at radius 2 is 2.22 bits per heavy atom. The summed E-state index contributed by atoms with van der Waals surface area (Å²) < 4.78 is 2.85. The number of aromatic nitrogens is 2. The highest BCUT2D eigenvalue weighted by atomic mass is 79.9. The molecule has 0 saturated heterocycles. The van der Waals surface area contributed by atoms with E-state index in [1.807, 2.05) is 29.1 Å². The maximum Gasteiger partial charge on any atom is 0.0549 e.